The minimum atomic E-state index is -0.139. The molecule has 1 saturated heterocycles. The first-order valence-electron chi connectivity index (χ1n) is 3.73. The van der Waals surface area contributed by atoms with Crippen LogP contribution in [0.2, 0.25) is 0 Å². The van der Waals surface area contributed by atoms with Crippen LogP contribution in [0.5, 0.6) is 0 Å². The van der Waals surface area contributed by atoms with E-state index in [0.29, 0.717) is 0 Å². The molecule has 1 unspecified atom stereocenters. The van der Waals surface area contributed by atoms with Crippen molar-refractivity contribution in [2.24, 2.45) is 0 Å². The van der Waals surface area contributed by atoms with E-state index in [9.17, 15) is 4.79 Å². The standard InChI is InChI=1S/C7H13NO2S/c1-10-7(9)6-5-11-4-2-3-8-6/h6,8H,2-5H2,1H3. The molecule has 0 spiro atoms. The summed E-state index contributed by atoms with van der Waals surface area (Å²) in [5.74, 6) is 1.84. The summed E-state index contributed by atoms with van der Waals surface area (Å²) in [7, 11) is 1.43. The summed E-state index contributed by atoms with van der Waals surface area (Å²) in [4.78, 5) is 11.0. The van der Waals surface area contributed by atoms with Gasteiger partial charge in [-0.25, -0.2) is 0 Å². The lowest BCUT2D eigenvalue weighted by Gasteiger charge is -2.11. The van der Waals surface area contributed by atoms with E-state index in [1.165, 1.54) is 7.11 Å². The van der Waals surface area contributed by atoms with Crippen LogP contribution in [0.1, 0.15) is 6.42 Å². The van der Waals surface area contributed by atoms with Gasteiger partial charge in [-0.3, -0.25) is 4.79 Å². The second-order valence-corrected chi connectivity index (χ2v) is 3.61. The lowest BCUT2D eigenvalue weighted by molar-refractivity contribution is -0.142. The zero-order chi connectivity index (χ0) is 8.10. The lowest BCUT2D eigenvalue weighted by Crippen LogP contribution is -2.38. The van der Waals surface area contributed by atoms with Crippen molar-refractivity contribution in [1.82, 2.24) is 5.32 Å². The highest BCUT2D eigenvalue weighted by Gasteiger charge is 2.19. The maximum atomic E-state index is 11.0. The number of hydrogen-bond acceptors (Lipinski definition) is 4. The predicted octanol–water partition coefficient (Wildman–Crippen LogP) is 0.254. The van der Waals surface area contributed by atoms with Crippen LogP contribution in [-0.2, 0) is 9.53 Å². The van der Waals surface area contributed by atoms with Gasteiger partial charge in [-0.05, 0) is 18.7 Å². The van der Waals surface area contributed by atoms with E-state index in [-0.39, 0.29) is 12.0 Å². The number of methoxy groups -OCH3 is 1. The van der Waals surface area contributed by atoms with E-state index in [2.05, 4.69) is 10.1 Å². The molecule has 1 heterocycles. The summed E-state index contributed by atoms with van der Waals surface area (Å²) in [6, 6.07) is -0.0903. The van der Waals surface area contributed by atoms with Gasteiger partial charge in [-0.15, -0.1) is 0 Å². The molecular formula is C7H13NO2S. The average molecular weight is 175 g/mol. The third-order valence-electron chi connectivity index (χ3n) is 1.63. The molecule has 64 valence electrons. The number of thioether (sulfide) groups is 1. The number of rotatable bonds is 1. The Balaban J connectivity index is 2.36. The maximum absolute atomic E-state index is 11.0. The minimum absolute atomic E-state index is 0.0903. The van der Waals surface area contributed by atoms with Crippen molar-refractivity contribution in [3.63, 3.8) is 0 Å². The number of ether oxygens (including phenoxy) is 1. The van der Waals surface area contributed by atoms with Crippen LogP contribution in [0.25, 0.3) is 0 Å². The minimum Gasteiger partial charge on any atom is -0.468 e. The molecule has 0 radical (unpaired) electrons. The van der Waals surface area contributed by atoms with Gasteiger partial charge in [0.25, 0.3) is 0 Å². The molecule has 1 aliphatic heterocycles. The van der Waals surface area contributed by atoms with Crippen molar-refractivity contribution in [2.45, 2.75) is 12.5 Å². The first-order valence-corrected chi connectivity index (χ1v) is 4.89. The van der Waals surface area contributed by atoms with E-state index >= 15 is 0 Å². The van der Waals surface area contributed by atoms with E-state index in [1.807, 2.05) is 0 Å². The van der Waals surface area contributed by atoms with Crippen LogP contribution in [0.3, 0.4) is 0 Å². The highest BCUT2D eigenvalue weighted by Crippen LogP contribution is 2.09. The molecule has 1 aliphatic rings. The third kappa shape index (κ3) is 2.71. The van der Waals surface area contributed by atoms with E-state index < -0.39 is 0 Å². The van der Waals surface area contributed by atoms with Crippen LogP contribution < -0.4 is 5.32 Å². The first-order chi connectivity index (χ1) is 5.34. The Kier molecular flexibility index (Phi) is 3.72. The fourth-order valence-corrected chi connectivity index (χ4v) is 2.01. The van der Waals surface area contributed by atoms with Crippen molar-refractivity contribution in [3.05, 3.63) is 0 Å². The molecular weight excluding hydrogens is 162 g/mol. The topological polar surface area (TPSA) is 38.3 Å². The monoisotopic (exact) mass is 175 g/mol. The Bertz CT molecular complexity index is 132. The van der Waals surface area contributed by atoms with Gasteiger partial charge in [0.15, 0.2) is 0 Å². The molecule has 0 bridgehead atoms. The molecule has 0 amide bonds. The van der Waals surface area contributed by atoms with Gasteiger partial charge in [-0.1, -0.05) is 0 Å². The number of esters is 1. The summed E-state index contributed by atoms with van der Waals surface area (Å²) < 4.78 is 4.63. The first kappa shape index (κ1) is 8.87. The maximum Gasteiger partial charge on any atom is 0.323 e. The van der Waals surface area contributed by atoms with E-state index in [1.54, 1.807) is 11.8 Å². The highest BCUT2D eigenvalue weighted by molar-refractivity contribution is 7.99. The normalized spacial score (nSPS) is 25.7. The van der Waals surface area contributed by atoms with Crippen molar-refractivity contribution >= 4 is 17.7 Å². The second-order valence-electron chi connectivity index (χ2n) is 2.46. The van der Waals surface area contributed by atoms with E-state index in [0.717, 1.165) is 24.5 Å². The molecule has 0 aromatic carbocycles. The van der Waals surface area contributed by atoms with Crippen molar-refractivity contribution in [1.29, 1.82) is 0 Å². The summed E-state index contributed by atoms with van der Waals surface area (Å²) in [5.41, 5.74) is 0. The molecule has 3 nitrogen and oxygen atoms in total. The third-order valence-corrected chi connectivity index (χ3v) is 2.77. The molecule has 0 saturated carbocycles. The smallest absolute Gasteiger partial charge is 0.323 e. The molecule has 0 aliphatic carbocycles. The SMILES string of the molecule is COC(=O)C1CSCCCN1. The Hall–Kier alpha value is -0.220. The molecule has 11 heavy (non-hydrogen) atoms. The highest BCUT2D eigenvalue weighted by atomic mass is 32.2. The summed E-state index contributed by atoms with van der Waals surface area (Å²) >= 11 is 1.80. The second kappa shape index (κ2) is 4.62. The Morgan fingerprint density at radius 2 is 2.55 bits per heavy atom. The van der Waals surface area contributed by atoms with Gasteiger partial charge in [0.1, 0.15) is 6.04 Å². The molecule has 0 aromatic rings. The van der Waals surface area contributed by atoms with Gasteiger partial charge >= 0.3 is 5.97 Å². The van der Waals surface area contributed by atoms with Crippen LogP contribution >= 0.6 is 11.8 Å². The molecule has 1 atom stereocenters. The zero-order valence-corrected chi connectivity index (χ0v) is 7.45. The largest absolute Gasteiger partial charge is 0.468 e. The van der Waals surface area contributed by atoms with Gasteiger partial charge in [0.05, 0.1) is 7.11 Å². The van der Waals surface area contributed by atoms with Gasteiger partial charge in [0.2, 0.25) is 0 Å². The number of nitrogens with one attached hydrogen (secondary N) is 1. The molecule has 4 heteroatoms. The number of carbonyl (C=O) groups excluding carboxylic acids is 1. The fraction of sp³-hybridized carbons (Fsp3) is 0.857. The van der Waals surface area contributed by atoms with Crippen LogP contribution in [0, 0.1) is 0 Å². The Labute approximate surface area is 70.9 Å². The van der Waals surface area contributed by atoms with E-state index in [4.69, 9.17) is 0 Å². The average Bonchev–Trinajstić information content (AvgIpc) is 2.30. The van der Waals surface area contributed by atoms with Crippen LogP contribution in [0.15, 0.2) is 0 Å². The van der Waals surface area contributed by atoms with Gasteiger partial charge in [0, 0.05) is 5.75 Å². The summed E-state index contributed by atoms with van der Waals surface area (Å²) in [6.07, 6.45) is 1.14. The quantitative estimate of drug-likeness (QED) is 0.580. The van der Waals surface area contributed by atoms with Crippen molar-refractivity contribution in [3.8, 4) is 0 Å². The Morgan fingerprint density at radius 1 is 1.73 bits per heavy atom. The number of hydrogen-bond donors (Lipinski definition) is 1. The van der Waals surface area contributed by atoms with Crippen LogP contribution in [-0.4, -0.2) is 37.2 Å². The summed E-state index contributed by atoms with van der Waals surface area (Å²) in [5, 5.41) is 3.14. The lowest BCUT2D eigenvalue weighted by atomic mass is 10.3. The molecule has 1 fully saturated rings. The molecule has 1 N–H and O–H groups in total. The zero-order valence-electron chi connectivity index (χ0n) is 6.63. The van der Waals surface area contributed by atoms with Crippen molar-refractivity contribution in [2.75, 3.05) is 25.2 Å². The van der Waals surface area contributed by atoms with Gasteiger partial charge < -0.3 is 10.1 Å². The molecule has 0 aromatic heterocycles. The molecule has 1 rings (SSSR count). The summed E-state index contributed by atoms with van der Waals surface area (Å²) in [6.45, 7) is 0.923. The Morgan fingerprint density at radius 3 is 3.27 bits per heavy atom. The van der Waals surface area contributed by atoms with Crippen molar-refractivity contribution < 1.29 is 9.53 Å². The fourth-order valence-electron chi connectivity index (χ4n) is 1.00. The van der Waals surface area contributed by atoms with Gasteiger partial charge in [-0.2, -0.15) is 11.8 Å². The van der Waals surface area contributed by atoms with Crippen LogP contribution in [0.4, 0.5) is 0 Å². The number of carbonyl (C=O) groups is 1. The predicted molar refractivity (Wildman–Crippen MR) is 45.7 cm³/mol.